The number of hydrogen-bond acceptors (Lipinski definition) is 6. The third kappa shape index (κ3) is 3.87. The average Bonchev–Trinajstić information content (AvgIpc) is 2.94. The standard InChI is InChI=1S/C12H10F3N3O7/c13-12(14,15)6-3-8(17(21)22)10(9(4-6)18(23)24)25-7-1-2-16(5-7)11(19)20/h3-4,7H,1-2,5H2,(H,19,20)/t7-/m1/s1. The van der Waals surface area contributed by atoms with Crippen LogP contribution in [0, 0.1) is 20.2 Å². The maximum absolute atomic E-state index is 12.8. The molecule has 10 nitrogen and oxygen atoms in total. The van der Waals surface area contributed by atoms with Gasteiger partial charge in [0.2, 0.25) is 0 Å². The van der Waals surface area contributed by atoms with Gasteiger partial charge in [-0.3, -0.25) is 20.2 Å². The first-order valence-corrected chi connectivity index (χ1v) is 6.69. The van der Waals surface area contributed by atoms with Gasteiger partial charge in [0.05, 0.1) is 22.0 Å². The van der Waals surface area contributed by atoms with Crippen LogP contribution in [0.4, 0.5) is 29.3 Å². The van der Waals surface area contributed by atoms with Crippen molar-refractivity contribution in [2.24, 2.45) is 0 Å². The van der Waals surface area contributed by atoms with Crippen LogP contribution in [-0.2, 0) is 6.18 Å². The molecule has 1 heterocycles. The lowest BCUT2D eigenvalue weighted by molar-refractivity contribution is -0.396. The van der Waals surface area contributed by atoms with E-state index in [1.165, 1.54) is 0 Å². The minimum Gasteiger partial charge on any atom is -0.477 e. The zero-order valence-corrected chi connectivity index (χ0v) is 12.2. The molecule has 1 aromatic carbocycles. The average molecular weight is 365 g/mol. The maximum Gasteiger partial charge on any atom is 0.416 e. The molecule has 1 N–H and O–H groups in total. The van der Waals surface area contributed by atoms with Crippen molar-refractivity contribution < 1.29 is 37.7 Å². The summed E-state index contributed by atoms with van der Waals surface area (Å²) in [7, 11) is 0. The van der Waals surface area contributed by atoms with Gasteiger partial charge in [0.25, 0.3) is 5.75 Å². The fraction of sp³-hybridized carbons (Fsp3) is 0.417. The van der Waals surface area contributed by atoms with Crippen molar-refractivity contribution >= 4 is 17.5 Å². The summed E-state index contributed by atoms with van der Waals surface area (Å²) in [5.74, 6) is -0.930. The largest absolute Gasteiger partial charge is 0.477 e. The predicted molar refractivity (Wildman–Crippen MR) is 73.4 cm³/mol. The van der Waals surface area contributed by atoms with Gasteiger partial charge < -0.3 is 14.7 Å². The highest BCUT2D eigenvalue weighted by atomic mass is 19.4. The summed E-state index contributed by atoms with van der Waals surface area (Å²) < 4.78 is 43.5. The van der Waals surface area contributed by atoms with Crippen LogP contribution in [-0.4, -0.2) is 45.1 Å². The summed E-state index contributed by atoms with van der Waals surface area (Å²) in [6.45, 7) is -0.188. The Labute approximate surface area is 136 Å². The van der Waals surface area contributed by atoms with Crippen LogP contribution in [0.15, 0.2) is 12.1 Å². The minimum absolute atomic E-state index is 0.0300. The molecule has 1 atom stereocenters. The summed E-state index contributed by atoms with van der Waals surface area (Å²) in [6.07, 6.45) is -7.17. The van der Waals surface area contributed by atoms with Gasteiger partial charge in [-0.05, 0) is 0 Å². The highest BCUT2D eigenvalue weighted by Crippen LogP contribution is 2.43. The number of likely N-dealkylation sites (tertiary alicyclic amines) is 1. The topological polar surface area (TPSA) is 136 Å². The molecule has 0 aliphatic carbocycles. The van der Waals surface area contributed by atoms with E-state index in [-0.39, 0.29) is 31.6 Å². The van der Waals surface area contributed by atoms with Gasteiger partial charge in [-0.1, -0.05) is 0 Å². The Balaban J connectivity index is 2.47. The molecule has 0 unspecified atom stereocenters. The number of carboxylic acid groups (broad SMARTS) is 1. The van der Waals surface area contributed by atoms with Gasteiger partial charge in [0, 0.05) is 25.1 Å². The molecule has 13 heteroatoms. The fourth-order valence-electron chi connectivity index (χ4n) is 2.32. The molecule has 1 fully saturated rings. The zero-order chi connectivity index (χ0) is 18.9. The van der Waals surface area contributed by atoms with Gasteiger partial charge in [0.1, 0.15) is 6.10 Å². The van der Waals surface area contributed by atoms with E-state index in [4.69, 9.17) is 9.84 Å². The van der Waals surface area contributed by atoms with Crippen LogP contribution in [0.25, 0.3) is 0 Å². The molecule has 1 amide bonds. The van der Waals surface area contributed by atoms with E-state index >= 15 is 0 Å². The number of nitro groups is 2. The quantitative estimate of drug-likeness (QED) is 0.640. The first-order valence-electron chi connectivity index (χ1n) is 6.69. The van der Waals surface area contributed by atoms with E-state index in [1.54, 1.807) is 0 Å². The molecule has 25 heavy (non-hydrogen) atoms. The van der Waals surface area contributed by atoms with Crippen molar-refractivity contribution in [1.82, 2.24) is 4.90 Å². The van der Waals surface area contributed by atoms with E-state index in [9.17, 15) is 38.2 Å². The molecule has 0 bridgehead atoms. The van der Waals surface area contributed by atoms with E-state index in [2.05, 4.69) is 0 Å². The summed E-state index contributed by atoms with van der Waals surface area (Å²) in [4.78, 5) is 31.4. The summed E-state index contributed by atoms with van der Waals surface area (Å²) >= 11 is 0. The smallest absolute Gasteiger partial charge is 0.416 e. The van der Waals surface area contributed by atoms with Gasteiger partial charge in [0.15, 0.2) is 0 Å². The third-order valence-corrected chi connectivity index (χ3v) is 3.47. The first kappa shape index (κ1) is 18.2. The molecule has 2 rings (SSSR count). The monoisotopic (exact) mass is 365 g/mol. The number of benzene rings is 1. The van der Waals surface area contributed by atoms with Gasteiger partial charge >= 0.3 is 23.6 Å². The van der Waals surface area contributed by atoms with Gasteiger partial charge in [-0.15, -0.1) is 0 Å². The number of nitro benzene ring substituents is 2. The summed E-state index contributed by atoms with van der Waals surface area (Å²) in [5, 5.41) is 30.9. The lowest BCUT2D eigenvalue weighted by Crippen LogP contribution is -2.29. The Morgan fingerprint density at radius 2 is 1.76 bits per heavy atom. The lowest BCUT2D eigenvalue weighted by Gasteiger charge is -2.15. The zero-order valence-electron chi connectivity index (χ0n) is 12.2. The summed E-state index contributed by atoms with van der Waals surface area (Å²) in [5.41, 5.74) is -3.98. The van der Waals surface area contributed by atoms with Crippen LogP contribution in [0.3, 0.4) is 0 Å². The SMILES string of the molecule is O=C(O)N1CC[C@@H](Oc2c([N+](=O)[O-])cc(C(F)(F)F)cc2[N+](=O)[O-])C1. The van der Waals surface area contributed by atoms with Gasteiger partial charge in [-0.25, -0.2) is 4.79 Å². The van der Waals surface area contributed by atoms with Crippen molar-refractivity contribution in [2.75, 3.05) is 13.1 Å². The number of alkyl halides is 3. The molecular formula is C12H10F3N3O7. The number of halogens is 3. The Morgan fingerprint density at radius 3 is 2.12 bits per heavy atom. The van der Waals surface area contributed by atoms with E-state index in [0.29, 0.717) is 0 Å². The number of rotatable bonds is 4. The Hall–Kier alpha value is -3.12. The molecule has 1 aliphatic heterocycles. The normalized spacial score (nSPS) is 17.4. The van der Waals surface area contributed by atoms with Crippen LogP contribution in [0.1, 0.15) is 12.0 Å². The van der Waals surface area contributed by atoms with Gasteiger partial charge in [-0.2, -0.15) is 13.2 Å². The van der Waals surface area contributed by atoms with Crippen LogP contribution >= 0.6 is 0 Å². The number of carbonyl (C=O) groups is 1. The van der Waals surface area contributed by atoms with Crippen LogP contribution < -0.4 is 4.74 Å². The van der Waals surface area contributed by atoms with E-state index in [0.717, 1.165) is 4.90 Å². The highest BCUT2D eigenvalue weighted by Gasteiger charge is 2.40. The van der Waals surface area contributed by atoms with Crippen molar-refractivity contribution in [1.29, 1.82) is 0 Å². The number of ether oxygens (including phenoxy) is 1. The third-order valence-electron chi connectivity index (χ3n) is 3.47. The lowest BCUT2D eigenvalue weighted by atomic mass is 10.1. The van der Waals surface area contributed by atoms with Crippen molar-refractivity contribution in [3.8, 4) is 5.75 Å². The molecule has 0 radical (unpaired) electrons. The highest BCUT2D eigenvalue weighted by molar-refractivity contribution is 5.65. The van der Waals surface area contributed by atoms with Crippen molar-refractivity contribution in [3.05, 3.63) is 37.9 Å². The molecule has 1 saturated heterocycles. The van der Waals surface area contributed by atoms with Crippen molar-refractivity contribution in [3.63, 3.8) is 0 Å². The van der Waals surface area contributed by atoms with Crippen LogP contribution in [0.2, 0.25) is 0 Å². The molecule has 0 spiro atoms. The molecule has 1 aliphatic rings. The van der Waals surface area contributed by atoms with Crippen LogP contribution in [0.5, 0.6) is 5.75 Å². The Kier molecular flexibility index (Phi) is 4.67. The van der Waals surface area contributed by atoms with E-state index < -0.39 is 50.9 Å². The van der Waals surface area contributed by atoms with Crippen molar-refractivity contribution in [2.45, 2.75) is 18.7 Å². The second kappa shape index (κ2) is 6.41. The molecular weight excluding hydrogens is 355 g/mol. The fourth-order valence-corrected chi connectivity index (χ4v) is 2.32. The molecule has 0 aromatic heterocycles. The minimum atomic E-state index is -5.03. The predicted octanol–water partition coefficient (Wildman–Crippen LogP) is 2.65. The Morgan fingerprint density at radius 1 is 1.24 bits per heavy atom. The first-order chi connectivity index (χ1) is 11.5. The molecule has 136 valence electrons. The number of amides is 1. The second-order valence-electron chi connectivity index (χ2n) is 5.11. The number of nitrogens with zero attached hydrogens (tertiary/aromatic N) is 3. The number of hydrogen-bond donors (Lipinski definition) is 1. The van der Waals surface area contributed by atoms with E-state index in [1.807, 2.05) is 0 Å². The molecule has 1 aromatic rings. The second-order valence-corrected chi connectivity index (χ2v) is 5.11. The molecule has 0 saturated carbocycles. The summed E-state index contributed by atoms with van der Waals surface area (Å²) in [6, 6.07) is 0.290. The Bertz CT molecular complexity index is 702. The maximum atomic E-state index is 12.8.